The van der Waals surface area contributed by atoms with E-state index in [2.05, 4.69) is 10.0 Å². The molecule has 1 aliphatic carbocycles. The molecule has 30 heavy (non-hydrogen) atoms. The Kier molecular flexibility index (Phi) is 4.94. The largest absolute Gasteiger partial charge is 0.377 e. The molecular weight excluding hydrogens is 398 g/mol. The van der Waals surface area contributed by atoms with Crippen molar-refractivity contribution in [1.82, 2.24) is 0 Å². The van der Waals surface area contributed by atoms with E-state index in [0.717, 1.165) is 23.9 Å². The fourth-order valence-electron chi connectivity index (χ4n) is 3.42. The summed E-state index contributed by atoms with van der Waals surface area (Å²) in [6, 6.07) is 17.6. The quantitative estimate of drug-likeness (QED) is 0.614. The zero-order chi connectivity index (χ0) is 21.5. The standard InChI is InChI=1S/C23H25N3O3S/c1-23(14-15-23)22(27)24-16-10-12-17(13-11-16)25-30(28,29)21-9-5-6-18-19(21)7-4-8-20(18)26(2)3/h4-13,25H,14-15H2,1-3H3,(H,24,27). The second-order valence-electron chi connectivity index (χ2n) is 8.22. The van der Waals surface area contributed by atoms with Crippen LogP contribution in [0.15, 0.2) is 65.6 Å². The molecule has 0 radical (unpaired) electrons. The molecule has 3 aromatic rings. The number of anilines is 3. The maximum absolute atomic E-state index is 13.1. The second kappa shape index (κ2) is 7.32. The van der Waals surface area contributed by atoms with Gasteiger partial charge in [0.2, 0.25) is 5.91 Å². The monoisotopic (exact) mass is 423 g/mol. The summed E-state index contributed by atoms with van der Waals surface area (Å²) in [5, 5.41) is 4.42. The molecule has 6 nitrogen and oxygen atoms in total. The van der Waals surface area contributed by atoms with Crippen molar-refractivity contribution in [2.45, 2.75) is 24.7 Å². The number of hydrogen-bond acceptors (Lipinski definition) is 4. The lowest BCUT2D eigenvalue weighted by Crippen LogP contribution is -2.21. The van der Waals surface area contributed by atoms with Crippen LogP contribution in [-0.2, 0) is 14.8 Å². The van der Waals surface area contributed by atoms with E-state index in [4.69, 9.17) is 0 Å². The van der Waals surface area contributed by atoms with E-state index in [1.54, 1.807) is 36.4 Å². The van der Waals surface area contributed by atoms with Crippen LogP contribution in [0.4, 0.5) is 17.1 Å². The lowest BCUT2D eigenvalue weighted by atomic mass is 10.1. The number of amides is 1. The first-order valence-corrected chi connectivity index (χ1v) is 11.3. The Bertz CT molecular complexity index is 1210. The van der Waals surface area contributed by atoms with Crippen LogP contribution in [0, 0.1) is 5.41 Å². The van der Waals surface area contributed by atoms with Gasteiger partial charge in [-0.15, -0.1) is 0 Å². The van der Waals surface area contributed by atoms with Gasteiger partial charge in [-0.1, -0.05) is 31.2 Å². The number of sulfonamides is 1. The van der Waals surface area contributed by atoms with Crippen molar-refractivity contribution < 1.29 is 13.2 Å². The number of rotatable bonds is 6. The van der Waals surface area contributed by atoms with Gasteiger partial charge in [0.1, 0.15) is 0 Å². The summed E-state index contributed by atoms with van der Waals surface area (Å²) in [7, 11) is 0.0700. The minimum absolute atomic E-state index is 0.00304. The molecule has 0 atom stereocenters. The third kappa shape index (κ3) is 3.85. The molecule has 0 aromatic heterocycles. The molecule has 0 bridgehead atoms. The van der Waals surface area contributed by atoms with Crippen molar-refractivity contribution in [3.63, 3.8) is 0 Å². The van der Waals surface area contributed by atoms with Crippen LogP contribution in [0.1, 0.15) is 19.8 Å². The Morgan fingerprint density at radius 3 is 2.13 bits per heavy atom. The van der Waals surface area contributed by atoms with Gasteiger partial charge < -0.3 is 10.2 Å². The molecule has 0 saturated heterocycles. The van der Waals surface area contributed by atoms with Crippen molar-refractivity contribution in [2.24, 2.45) is 5.41 Å². The Morgan fingerprint density at radius 2 is 1.50 bits per heavy atom. The summed E-state index contributed by atoms with van der Waals surface area (Å²) in [4.78, 5) is 14.4. The van der Waals surface area contributed by atoms with Crippen LogP contribution in [-0.4, -0.2) is 28.4 Å². The maximum atomic E-state index is 13.1. The van der Waals surface area contributed by atoms with Gasteiger partial charge >= 0.3 is 0 Å². The van der Waals surface area contributed by atoms with Gasteiger partial charge in [-0.2, -0.15) is 0 Å². The van der Waals surface area contributed by atoms with Gasteiger partial charge in [0.25, 0.3) is 10.0 Å². The molecule has 0 spiro atoms. The number of nitrogens with zero attached hydrogens (tertiary/aromatic N) is 1. The third-order valence-electron chi connectivity index (χ3n) is 5.57. The van der Waals surface area contributed by atoms with Crippen LogP contribution in [0.5, 0.6) is 0 Å². The van der Waals surface area contributed by atoms with E-state index >= 15 is 0 Å². The summed E-state index contributed by atoms with van der Waals surface area (Å²) in [6.45, 7) is 1.94. The first kappa shape index (κ1) is 20.2. The van der Waals surface area contributed by atoms with Crippen molar-refractivity contribution in [1.29, 1.82) is 0 Å². The highest BCUT2D eigenvalue weighted by Gasteiger charge is 2.44. The average molecular weight is 424 g/mol. The Morgan fingerprint density at radius 1 is 0.900 bits per heavy atom. The maximum Gasteiger partial charge on any atom is 0.262 e. The van der Waals surface area contributed by atoms with E-state index in [0.29, 0.717) is 16.8 Å². The number of nitrogens with one attached hydrogen (secondary N) is 2. The minimum Gasteiger partial charge on any atom is -0.377 e. The highest BCUT2D eigenvalue weighted by Crippen LogP contribution is 2.45. The number of carbonyl (C=O) groups is 1. The molecule has 0 unspecified atom stereocenters. The molecule has 4 rings (SSSR count). The Labute approximate surface area is 177 Å². The van der Waals surface area contributed by atoms with E-state index in [1.165, 1.54) is 0 Å². The topological polar surface area (TPSA) is 78.5 Å². The van der Waals surface area contributed by atoms with Crippen LogP contribution in [0.2, 0.25) is 0 Å². The van der Waals surface area contributed by atoms with Crippen LogP contribution < -0.4 is 14.9 Å². The zero-order valence-electron chi connectivity index (χ0n) is 17.3. The summed E-state index contributed by atoms with van der Waals surface area (Å²) in [6.07, 6.45) is 1.80. The van der Waals surface area contributed by atoms with Crippen molar-refractivity contribution in [3.8, 4) is 0 Å². The van der Waals surface area contributed by atoms with Gasteiger partial charge in [-0.05, 0) is 49.2 Å². The first-order valence-electron chi connectivity index (χ1n) is 9.83. The molecular formula is C23H25N3O3S. The summed E-state index contributed by atoms with van der Waals surface area (Å²) >= 11 is 0. The van der Waals surface area contributed by atoms with Gasteiger partial charge in [-0.25, -0.2) is 8.42 Å². The fraction of sp³-hybridized carbons (Fsp3) is 0.261. The van der Waals surface area contributed by atoms with Crippen LogP contribution >= 0.6 is 0 Å². The molecule has 1 fully saturated rings. The third-order valence-corrected chi connectivity index (χ3v) is 7.01. The fourth-order valence-corrected chi connectivity index (χ4v) is 4.70. The molecule has 2 N–H and O–H groups in total. The van der Waals surface area contributed by atoms with Crippen LogP contribution in [0.3, 0.4) is 0 Å². The van der Waals surface area contributed by atoms with Crippen molar-refractivity contribution in [3.05, 3.63) is 60.7 Å². The molecule has 1 aliphatic rings. The number of carbonyl (C=O) groups excluding carboxylic acids is 1. The normalized spacial score (nSPS) is 14.9. The van der Waals surface area contributed by atoms with Crippen molar-refractivity contribution >= 4 is 43.8 Å². The van der Waals surface area contributed by atoms with E-state index in [1.807, 2.05) is 50.2 Å². The first-order chi connectivity index (χ1) is 14.2. The van der Waals surface area contributed by atoms with Gasteiger partial charge in [-0.3, -0.25) is 9.52 Å². The predicted octanol–water partition coefficient (Wildman–Crippen LogP) is 4.45. The van der Waals surface area contributed by atoms with Gasteiger partial charge in [0.15, 0.2) is 0 Å². The number of benzene rings is 3. The molecule has 156 valence electrons. The van der Waals surface area contributed by atoms with E-state index in [-0.39, 0.29) is 16.2 Å². The Balaban J connectivity index is 1.59. The SMILES string of the molecule is CN(C)c1cccc2c(S(=O)(=O)Nc3ccc(NC(=O)C4(C)CC4)cc3)cccc12. The summed E-state index contributed by atoms with van der Waals surface area (Å²) in [5.74, 6) is 0.00304. The van der Waals surface area contributed by atoms with Gasteiger partial charge in [0.05, 0.1) is 4.90 Å². The van der Waals surface area contributed by atoms with E-state index < -0.39 is 10.0 Å². The molecule has 0 heterocycles. The minimum atomic E-state index is -3.79. The number of hydrogen-bond donors (Lipinski definition) is 2. The Hall–Kier alpha value is -3.06. The molecule has 3 aromatic carbocycles. The van der Waals surface area contributed by atoms with Crippen LogP contribution in [0.25, 0.3) is 10.8 Å². The van der Waals surface area contributed by atoms with E-state index in [9.17, 15) is 13.2 Å². The van der Waals surface area contributed by atoms with Crippen molar-refractivity contribution in [2.75, 3.05) is 29.0 Å². The summed E-state index contributed by atoms with van der Waals surface area (Å²) in [5.41, 5.74) is 1.78. The average Bonchev–Trinajstić information content (AvgIpc) is 3.47. The molecule has 0 aliphatic heterocycles. The summed E-state index contributed by atoms with van der Waals surface area (Å²) < 4.78 is 28.9. The highest BCUT2D eigenvalue weighted by molar-refractivity contribution is 7.93. The second-order valence-corrected chi connectivity index (χ2v) is 9.87. The smallest absolute Gasteiger partial charge is 0.262 e. The molecule has 1 saturated carbocycles. The zero-order valence-corrected chi connectivity index (χ0v) is 18.1. The molecule has 7 heteroatoms. The number of fused-ring (bicyclic) bond motifs is 1. The lowest BCUT2D eigenvalue weighted by Gasteiger charge is -2.17. The van der Waals surface area contributed by atoms with Gasteiger partial charge in [0, 0.05) is 47.3 Å². The predicted molar refractivity (Wildman–Crippen MR) is 121 cm³/mol. The molecule has 1 amide bonds. The lowest BCUT2D eigenvalue weighted by molar-refractivity contribution is -0.120. The highest BCUT2D eigenvalue weighted by atomic mass is 32.2.